The minimum absolute atomic E-state index is 0.0345. The second-order valence-corrected chi connectivity index (χ2v) is 36.6. The fraction of sp³-hybridized carbons (Fsp3) is 0.578. The SMILES string of the molecule is CCc1c2c(nc3cc(F)c(OCCNC(=O)CNC(=O)[C@H](C)NC(=O)[C@@H](NC(=O)[C@H](CCC(=O)N[C@H](C(=O)N[C@@H](C)C(=O)NCC(=O)Nc4cc(C[C@@H](CCC(=O)O)NC(=O)c5csc([C@@H](C[C@H](C(C)C)N(C)C(=O)[C@@H](NC(=O)C(C)(C)N(C)C)[C@@H](C)CC)OC(C)=O)n5)ccc4O)C(C)C)NC(=O)OC(C)(C)C)C(C)C)cc13)-c1cc3c(c(=O)n1C2)COC(=O)[C@]3(O)CC. The minimum atomic E-state index is -2.04. The van der Waals surface area contributed by atoms with Gasteiger partial charge in [-0.3, -0.25) is 72.0 Å². The van der Waals surface area contributed by atoms with E-state index in [1.807, 2.05) is 34.6 Å². The molecule has 2 aliphatic rings. The number of carboxylic acid groups (broad SMARTS) is 1. The number of nitrogens with zero attached hydrogens (tertiary/aromatic N) is 5. The molecule has 0 aliphatic carbocycles. The maximum absolute atomic E-state index is 15.7. The summed E-state index contributed by atoms with van der Waals surface area (Å²) < 4.78 is 39.4. The van der Waals surface area contributed by atoms with E-state index in [-0.39, 0.29) is 121 Å². The van der Waals surface area contributed by atoms with Crippen molar-refractivity contribution in [2.45, 2.75) is 267 Å². The molecule has 7 rings (SSSR count). The van der Waals surface area contributed by atoms with Crippen LogP contribution >= 0.6 is 11.3 Å². The lowest BCUT2D eigenvalue weighted by Crippen LogP contribution is -2.60. The summed E-state index contributed by atoms with van der Waals surface area (Å²) in [6.45, 7) is 27.6. The first kappa shape index (κ1) is 106. The van der Waals surface area contributed by atoms with Crippen molar-refractivity contribution in [1.29, 1.82) is 0 Å². The molecule has 0 saturated heterocycles. The number of pyridine rings is 2. The largest absolute Gasteiger partial charge is 0.506 e. The summed E-state index contributed by atoms with van der Waals surface area (Å²) in [4.78, 5) is 228. The van der Waals surface area contributed by atoms with Gasteiger partial charge in [-0.05, 0) is 154 Å². The van der Waals surface area contributed by atoms with Crippen LogP contribution in [0.25, 0.3) is 22.3 Å². The number of aromatic hydroxyl groups is 1. The van der Waals surface area contributed by atoms with Gasteiger partial charge in [0.15, 0.2) is 23.3 Å². The molecular weight excluding hydrogens is 1720 g/mol. The van der Waals surface area contributed by atoms with Crippen molar-refractivity contribution in [3.8, 4) is 22.9 Å². The van der Waals surface area contributed by atoms with Crippen molar-refractivity contribution in [1.82, 2.24) is 77.5 Å². The fourth-order valence-corrected chi connectivity index (χ4v) is 15.6. The average Bonchev–Trinajstić information content (AvgIpc) is 1.59. The van der Waals surface area contributed by atoms with E-state index in [9.17, 15) is 92.0 Å². The van der Waals surface area contributed by atoms with E-state index >= 15 is 4.39 Å². The predicted octanol–water partition coefficient (Wildman–Crippen LogP) is 4.83. The number of halogens is 1. The van der Waals surface area contributed by atoms with Crippen molar-refractivity contribution in [3.05, 3.63) is 96.5 Å². The van der Waals surface area contributed by atoms with Gasteiger partial charge in [0.1, 0.15) is 71.5 Å². The van der Waals surface area contributed by atoms with E-state index < -0.39 is 203 Å². The Labute approximate surface area is 763 Å². The van der Waals surface area contributed by atoms with E-state index in [0.29, 0.717) is 40.7 Å². The van der Waals surface area contributed by atoms with Crippen LogP contribution in [-0.2, 0) is 108 Å². The van der Waals surface area contributed by atoms with Gasteiger partial charge in [0.25, 0.3) is 11.5 Å². The number of aryl methyl sites for hydroxylation is 1. The number of aromatic nitrogens is 3. The number of hydrogen-bond acceptors (Lipinski definition) is 26. The number of aliphatic carboxylic acids is 1. The van der Waals surface area contributed by atoms with Crippen LogP contribution in [0.15, 0.2) is 46.6 Å². The van der Waals surface area contributed by atoms with E-state index in [2.05, 4.69) is 63.5 Å². The fourth-order valence-electron chi connectivity index (χ4n) is 14.7. The summed E-state index contributed by atoms with van der Waals surface area (Å²) in [6, 6.07) is -0.822. The number of phenols is 1. The van der Waals surface area contributed by atoms with E-state index in [4.69, 9.17) is 23.9 Å². The molecular formula is C90H127FN16O23S. The highest BCUT2D eigenvalue weighted by molar-refractivity contribution is 7.09. The third-order valence-electron chi connectivity index (χ3n) is 23.1. The van der Waals surface area contributed by atoms with Crippen molar-refractivity contribution in [2.75, 3.05) is 52.7 Å². The highest BCUT2D eigenvalue weighted by Gasteiger charge is 2.47. The number of benzene rings is 2. The quantitative estimate of drug-likeness (QED) is 0.0105. The lowest BCUT2D eigenvalue weighted by Gasteiger charge is -2.38. The standard InChI is InChI=1S/C90H127FN16O23S/c1-22-47(10)74(104-85(123)89(17,18)105(19)20)84(122)106(21)63(44(4)5)38-67(129-50(13)108)82-100-62(43-131-82)79(118)97-52(26-30-71(113)114)33-51-25-28-65(109)61(34-51)98-70(112)40-94-77(116)49(12)95-80(119)72(45(6)7)102-68(110)29-27-59(101-87(125)130-88(14,15)16)78(117)103-73(46(8)9)81(120)96-48(11)76(115)93-39-69(111)92-31-32-127-66-35-54-53(23-2)55-41-107-64(75(55)99-60(54)37-58(66)91)36-57-56(83(107)121)42-128-86(124)90(57,126)24-3/h25,28,34-37,43-49,52,59,63,67,72-74,109,126H,22-24,26-27,29-33,38-42H2,1-21H3,(H,92,111)(H,93,115)(H,94,116)(H,95,119)(H,96,120)(H,97,118)(H,98,112)(H,101,125)(H,102,110)(H,103,117)(H,104,123)(H,113,114)/t47-,48-,49-,52+,59-,63+,67+,72-,73-,74-,90-/m0/s1. The molecule has 12 amide bonds. The molecule has 0 bridgehead atoms. The summed E-state index contributed by atoms with van der Waals surface area (Å²) in [7, 11) is 5.15. The Hall–Kier alpha value is -12.3. The summed E-state index contributed by atoms with van der Waals surface area (Å²) >= 11 is 1.03. The lowest BCUT2D eigenvalue weighted by molar-refractivity contribution is -0.172. The Morgan fingerprint density at radius 1 is 0.702 bits per heavy atom. The molecule has 718 valence electrons. The second kappa shape index (κ2) is 46.0. The van der Waals surface area contributed by atoms with Crippen molar-refractivity contribution >= 4 is 117 Å². The zero-order valence-electron chi connectivity index (χ0n) is 78.2. The first-order chi connectivity index (χ1) is 61.2. The predicted molar refractivity (Wildman–Crippen MR) is 480 cm³/mol. The van der Waals surface area contributed by atoms with Gasteiger partial charge in [-0.2, -0.15) is 0 Å². The van der Waals surface area contributed by atoms with E-state index in [0.717, 1.165) is 16.9 Å². The number of carbonyl (C=O) groups is 15. The molecule has 0 radical (unpaired) electrons. The molecule has 2 aromatic carbocycles. The van der Waals surface area contributed by atoms with Crippen LogP contribution in [0.2, 0.25) is 0 Å². The van der Waals surface area contributed by atoms with E-state index in [1.165, 1.54) is 61.1 Å². The number of alkyl carbamates (subject to hydrolysis) is 1. The van der Waals surface area contributed by atoms with Crippen LogP contribution in [0.4, 0.5) is 14.9 Å². The number of esters is 2. The van der Waals surface area contributed by atoms with Crippen molar-refractivity contribution < 1.29 is 111 Å². The molecule has 2 aliphatic heterocycles. The number of amides is 12. The Kier molecular flexibility index (Phi) is 37.1. The highest BCUT2D eigenvalue weighted by atomic mass is 32.1. The van der Waals surface area contributed by atoms with Gasteiger partial charge in [0, 0.05) is 73.3 Å². The summed E-state index contributed by atoms with van der Waals surface area (Å²) in [5.41, 5.74) is -1.55. The van der Waals surface area contributed by atoms with Gasteiger partial charge >= 0.3 is 24.0 Å². The average molecular weight is 1850 g/mol. The number of carbonyl (C=O) groups excluding carboxylic acids is 14. The third kappa shape index (κ3) is 27.9. The van der Waals surface area contributed by atoms with Gasteiger partial charge in [-0.15, -0.1) is 11.3 Å². The summed E-state index contributed by atoms with van der Waals surface area (Å²) in [5, 5.41) is 62.4. The van der Waals surface area contributed by atoms with Crippen LogP contribution in [0, 0.1) is 29.5 Å². The van der Waals surface area contributed by atoms with Crippen molar-refractivity contribution in [2.24, 2.45) is 23.7 Å². The Balaban J connectivity index is 0.885. The number of anilines is 1. The smallest absolute Gasteiger partial charge is 0.408 e. The Bertz CT molecular complexity index is 5160. The summed E-state index contributed by atoms with van der Waals surface area (Å²) in [5.74, 6) is -13.8. The van der Waals surface area contributed by atoms with E-state index in [1.54, 1.807) is 106 Å². The molecule has 3 aromatic heterocycles. The van der Waals surface area contributed by atoms with Crippen molar-refractivity contribution in [3.63, 3.8) is 0 Å². The third-order valence-corrected chi connectivity index (χ3v) is 24.1. The van der Waals surface area contributed by atoms with Crippen LogP contribution < -0.4 is 68.8 Å². The molecule has 11 atom stereocenters. The zero-order chi connectivity index (χ0) is 97.9. The lowest BCUT2D eigenvalue weighted by atomic mass is 9.86. The molecule has 0 unspecified atom stereocenters. The highest BCUT2D eigenvalue weighted by Crippen LogP contribution is 2.42. The number of fused-ring (bicyclic) bond motifs is 5. The van der Waals surface area contributed by atoms with Gasteiger partial charge in [-0.25, -0.2) is 23.9 Å². The number of likely N-dealkylation sites (N-methyl/N-ethyl adjacent to an activating group) is 2. The number of carboxylic acids is 1. The summed E-state index contributed by atoms with van der Waals surface area (Å²) in [6.07, 6.45) is -2.52. The number of phenolic OH excluding ortho intramolecular Hbond substituents is 1. The molecule has 131 heavy (non-hydrogen) atoms. The maximum atomic E-state index is 15.7. The Morgan fingerprint density at radius 2 is 1.33 bits per heavy atom. The molecule has 0 spiro atoms. The first-order valence-electron chi connectivity index (χ1n) is 43.7. The molecule has 0 saturated carbocycles. The van der Waals surface area contributed by atoms with Gasteiger partial charge in [0.05, 0.1) is 59.9 Å². The van der Waals surface area contributed by atoms with Gasteiger partial charge in [0.2, 0.25) is 59.1 Å². The minimum Gasteiger partial charge on any atom is -0.506 e. The molecule has 5 heterocycles. The number of hydrogen-bond donors (Lipinski definition) is 14. The van der Waals surface area contributed by atoms with Gasteiger partial charge < -0.3 is 102 Å². The topological polar surface area (TPSA) is 540 Å². The van der Waals surface area contributed by atoms with Crippen LogP contribution in [-0.4, -0.2) is 235 Å². The molecule has 5 aromatic rings. The second-order valence-electron chi connectivity index (χ2n) is 35.7. The zero-order valence-corrected chi connectivity index (χ0v) is 79.0. The van der Waals surface area contributed by atoms with Crippen LogP contribution in [0.3, 0.4) is 0 Å². The van der Waals surface area contributed by atoms with Gasteiger partial charge in [-0.1, -0.05) is 81.7 Å². The molecule has 0 fully saturated rings. The molecule has 39 nitrogen and oxygen atoms in total. The number of ether oxygens (including phenoxy) is 4. The number of cyclic esters (lactones) is 1. The monoisotopic (exact) mass is 1850 g/mol. The maximum Gasteiger partial charge on any atom is 0.408 e. The Morgan fingerprint density at radius 3 is 1.90 bits per heavy atom. The van der Waals surface area contributed by atoms with Crippen LogP contribution in [0.1, 0.15) is 219 Å². The first-order valence-corrected chi connectivity index (χ1v) is 44.6. The number of nitrogens with one attached hydrogen (secondary N) is 11. The molecule has 41 heteroatoms. The normalized spacial score (nSPS) is 15.8. The molecule has 14 N–H and O–H groups in total. The van der Waals surface area contributed by atoms with Crippen LogP contribution in [0.5, 0.6) is 11.5 Å². The number of thiazole rings is 1. The number of aliphatic hydroxyl groups is 1. The number of rotatable bonds is 45.